The average molecular weight is 384 g/mol. The Hall–Kier alpha value is -3.62. The Morgan fingerprint density at radius 3 is 2.75 bits per heavy atom. The number of aryl methyl sites for hydroxylation is 1. The fourth-order valence-corrected chi connectivity index (χ4v) is 3.02. The first-order chi connectivity index (χ1) is 13.4. The Kier molecular flexibility index (Phi) is 4.14. The Labute approximate surface area is 157 Å². The first-order valence-corrected chi connectivity index (χ1v) is 8.31. The standard InChI is InChI=1S/C19H15F3N6/c1-3-12-4-5-13(8-11(12)2)26-17-18-24-10-15(28(18)7-6-23-17)14-9-25-27-16(14)19(20,21)22/h3-10H,1H2,2H3,(H,23,26)(H,25,27). The van der Waals surface area contributed by atoms with Crippen LogP contribution >= 0.6 is 0 Å². The first kappa shape index (κ1) is 17.8. The van der Waals surface area contributed by atoms with Crippen LogP contribution in [0.15, 0.2) is 49.6 Å². The molecule has 0 unspecified atom stereocenters. The summed E-state index contributed by atoms with van der Waals surface area (Å²) in [6.45, 7) is 5.72. The molecule has 0 atom stereocenters. The molecule has 28 heavy (non-hydrogen) atoms. The summed E-state index contributed by atoms with van der Waals surface area (Å²) in [4.78, 5) is 8.54. The molecule has 0 aliphatic rings. The van der Waals surface area contributed by atoms with E-state index in [9.17, 15) is 13.2 Å². The number of nitrogens with one attached hydrogen (secondary N) is 2. The van der Waals surface area contributed by atoms with Gasteiger partial charge in [0.15, 0.2) is 11.5 Å². The highest BCUT2D eigenvalue weighted by molar-refractivity contribution is 5.75. The normalized spacial score (nSPS) is 11.7. The lowest BCUT2D eigenvalue weighted by molar-refractivity contribution is -0.140. The van der Waals surface area contributed by atoms with Crippen molar-refractivity contribution in [2.75, 3.05) is 5.32 Å². The zero-order valence-electron chi connectivity index (χ0n) is 14.7. The lowest BCUT2D eigenvalue weighted by Crippen LogP contribution is -2.08. The average Bonchev–Trinajstić information content (AvgIpc) is 3.28. The van der Waals surface area contributed by atoms with Gasteiger partial charge in [0, 0.05) is 18.1 Å². The molecular weight excluding hydrogens is 369 g/mol. The summed E-state index contributed by atoms with van der Waals surface area (Å²) in [6.07, 6.45) is 2.78. The van der Waals surface area contributed by atoms with Crippen molar-refractivity contribution in [1.29, 1.82) is 0 Å². The van der Waals surface area contributed by atoms with Crippen LogP contribution in [0.5, 0.6) is 0 Å². The number of hydrogen-bond acceptors (Lipinski definition) is 4. The van der Waals surface area contributed by atoms with E-state index in [2.05, 4.69) is 27.0 Å². The molecular formula is C19H15F3N6. The highest BCUT2D eigenvalue weighted by Crippen LogP contribution is 2.36. The van der Waals surface area contributed by atoms with Crippen molar-refractivity contribution in [3.8, 4) is 11.3 Å². The maximum atomic E-state index is 13.2. The number of fused-ring (bicyclic) bond motifs is 1. The fraction of sp³-hybridized carbons (Fsp3) is 0.105. The molecule has 0 amide bonds. The Bertz CT molecular complexity index is 1170. The summed E-state index contributed by atoms with van der Waals surface area (Å²) >= 11 is 0. The molecule has 6 nitrogen and oxygen atoms in total. The van der Waals surface area contributed by atoms with Gasteiger partial charge in [-0.15, -0.1) is 0 Å². The molecule has 3 aromatic heterocycles. The van der Waals surface area contributed by atoms with Gasteiger partial charge in [-0.25, -0.2) is 9.97 Å². The highest BCUT2D eigenvalue weighted by Gasteiger charge is 2.36. The van der Waals surface area contributed by atoms with Crippen LogP contribution in [0.4, 0.5) is 24.7 Å². The van der Waals surface area contributed by atoms with Crippen molar-refractivity contribution in [2.24, 2.45) is 0 Å². The fourth-order valence-electron chi connectivity index (χ4n) is 3.02. The maximum absolute atomic E-state index is 13.2. The molecule has 1 aromatic carbocycles. The van der Waals surface area contributed by atoms with Gasteiger partial charge in [0.2, 0.25) is 0 Å². The third kappa shape index (κ3) is 3.00. The van der Waals surface area contributed by atoms with Crippen LogP contribution in [0, 0.1) is 6.92 Å². The van der Waals surface area contributed by atoms with Crippen LogP contribution in [-0.2, 0) is 6.18 Å². The third-order valence-corrected chi connectivity index (χ3v) is 4.38. The monoisotopic (exact) mass is 384 g/mol. The molecule has 3 heterocycles. The van der Waals surface area contributed by atoms with Crippen LogP contribution in [0.1, 0.15) is 16.8 Å². The number of anilines is 2. The number of rotatable bonds is 4. The molecule has 0 aliphatic carbocycles. The summed E-state index contributed by atoms with van der Waals surface area (Å²) < 4.78 is 41.2. The van der Waals surface area contributed by atoms with Crippen LogP contribution in [0.25, 0.3) is 23.0 Å². The molecule has 0 spiro atoms. The van der Waals surface area contributed by atoms with Crippen molar-refractivity contribution in [3.05, 3.63) is 66.4 Å². The second-order valence-electron chi connectivity index (χ2n) is 6.17. The van der Waals surface area contributed by atoms with Gasteiger partial charge in [0.25, 0.3) is 0 Å². The molecule has 9 heteroatoms. The number of halogens is 3. The Morgan fingerprint density at radius 2 is 2.04 bits per heavy atom. The van der Waals surface area contributed by atoms with E-state index < -0.39 is 11.9 Å². The van der Waals surface area contributed by atoms with E-state index in [-0.39, 0.29) is 11.3 Å². The minimum atomic E-state index is -4.55. The van der Waals surface area contributed by atoms with Crippen molar-refractivity contribution in [1.82, 2.24) is 24.6 Å². The zero-order valence-corrected chi connectivity index (χ0v) is 14.7. The van der Waals surface area contributed by atoms with Gasteiger partial charge in [0.05, 0.1) is 23.7 Å². The van der Waals surface area contributed by atoms with Crippen LogP contribution in [-0.4, -0.2) is 24.6 Å². The van der Waals surface area contributed by atoms with Gasteiger partial charge < -0.3 is 5.32 Å². The van der Waals surface area contributed by atoms with Crippen LogP contribution in [0.3, 0.4) is 0 Å². The number of aromatic nitrogens is 5. The molecule has 2 N–H and O–H groups in total. The number of H-pyrrole nitrogens is 1. The molecule has 4 aromatic rings. The second-order valence-corrected chi connectivity index (χ2v) is 6.17. The van der Waals surface area contributed by atoms with Crippen molar-refractivity contribution in [2.45, 2.75) is 13.1 Å². The van der Waals surface area contributed by atoms with Gasteiger partial charge >= 0.3 is 6.18 Å². The quantitative estimate of drug-likeness (QED) is 0.529. The molecule has 4 rings (SSSR count). The summed E-state index contributed by atoms with van der Waals surface area (Å²) in [6, 6.07) is 5.73. The SMILES string of the molecule is C=Cc1ccc(Nc2nccn3c(-c4cn[nH]c4C(F)(F)F)cnc23)cc1C. The Morgan fingerprint density at radius 1 is 1.21 bits per heavy atom. The minimum Gasteiger partial charge on any atom is -0.337 e. The maximum Gasteiger partial charge on any atom is 0.433 e. The number of alkyl halides is 3. The van der Waals surface area contributed by atoms with E-state index in [4.69, 9.17) is 0 Å². The smallest absolute Gasteiger partial charge is 0.337 e. The summed E-state index contributed by atoms with van der Waals surface area (Å²) in [7, 11) is 0. The largest absolute Gasteiger partial charge is 0.433 e. The van der Waals surface area contributed by atoms with E-state index in [0.717, 1.165) is 23.0 Å². The molecule has 0 aliphatic heterocycles. The van der Waals surface area contributed by atoms with Crippen molar-refractivity contribution in [3.63, 3.8) is 0 Å². The van der Waals surface area contributed by atoms with Gasteiger partial charge in [-0.3, -0.25) is 9.50 Å². The lowest BCUT2D eigenvalue weighted by Gasteiger charge is -2.10. The zero-order chi connectivity index (χ0) is 19.9. The molecule has 0 fully saturated rings. The molecule has 0 bridgehead atoms. The van der Waals surface area contributed by atoms with Gasteiger partial charge in [0.1, 0.15) is 5.69 Å². The number of imidazole rings is 1. The van der Waals surface area contributed by atoms with E-state index in [1.165, 1.54) is 12.4 Å². The minimum absolute atomic E-state index is 0.0802. The predicted molar refractivity (Wildman–Crippen MR) is 100 cm³/mol. The van der Waals surface area contributed by atoms with Gasteiger partial charge in [-0.1, -0.05) is 18.7 Å². The third-order valence-electron chi connectivity index (χ3n) is 4.38. The van der Waals surface area contributed by atoms with E-state index in [1.807, 2.05) is 30.2 Å². The summed E-state index contributed by atoms with van der Waals surface area (Å²) in [5.74, 6) is 0.427. The number of aromatic amines is 1. The molecule has 0 radical (unpaired) electrons. The Balaban J connectivity index is 1.77. The lowest BCUT2D eigenvalue weighted by atomic mass is 10.1. The topological polar surface area (TPSA) is 70.9 Å². The van der Waals surface area contributed by atoms with Crippen molar-refractivity contribution >= 4 is 23.2 Å². The van der Waals surface area contributed by atoms with Gasteiger partial charge in [-0.2, -0.15) is 18.3 Å². The number of nitrogens with zero attached hydrogens (tertiary/aromatic N) is 4. The van der Waals surface area contributed by atoms with Crippen LogP contribution < -0.4 is 5.32 Å². The highest BCUT2D eigenvalue weighted by atomic mass is 19.4. The van der Waals surface area contributed by atoms with Gasteiger partial charge in [-0.05, 0) is 30.2 Å². The summed E-state index contributed by atoms with van der Waals surface area (Å²) in [5, 5.41) is 8.72. The first-order valence-electron chi connectivity index (χ1n) is 8.31. The van der Waals surface area contributed by atoms with Crippen LogP contribution in [0.2, 0.25) is 0 Å². The second kappa shape index (κ2) is 6.52. The number of hydrogen-bond donors (Lipinski definition) is 2. The molecule has 142 valence electrons. The molecule has 0 saturated heterocycles. The molecule has 0 saturated carbocycles. The van der Waals surface area contributed by atoms with E-state index in [0.29, 0.717) is 11.5 Å². The van der Waals surface area contributed by atoms with E-state index >= 15 is 0 Å². The summed E-state index contributed by atoms with van der Waals surface area (Å²) in [5.41, 5.74) is 2.49. The van der Waals surface area contributed by atoms with Crippen molar-refractivity contribution < 1.29 is 13.2 Å². The van der Waals surface area contributed by atoms with E-state index in [1.54, 1.807) is 16.7 Å². The number of benzene rings is 1. The predicted octanol–water partition coefficient (Wildman–Crippen LogP) is 4.83.